The Bertz CT molecular complexity index is 700. The molecule has 1 aliphatic rings. The minimum atomic E-state index is 0. The maximum Gasteiger partial charge on any atom is 0.191 e. The van der Waals surface area contributed by atoms with Crippen molar-refractivity contribution in [1.82, 2.24) is 20.4 Å². The van der Waals surface area contributed by atoms with Crippen LogP contribution in [0.1, 0.15) is 17.5 Å². The molecule has 0 atom stereocenters. The summed E-state index contributed by atoms with van der Waals surface area (Å²) in [6.45, 7) is 8.58. The Morgan fingerprint density at radius 1 is 0.828 bits per heavy atom. The lowest BCUT2D eigenvalue weighted by atomic mass is 10.2. The van der Waals surface area contributed by atoms with E-state index in [1.165, 1.54) is 11.1 Å². The predicted octanol–water partition coefficient (Wildman–Crippen LogP) is 3.18. The molecule has 1 fully saturated rings. The smallest absolute Gasteiger partial charge is 0.191 e. The molecule has 5 nitrogen and oxygen atoms in total. The van der Waals surface area contributed by atoms with Crippen LogP contribution in [0, 0.1) is 0 Å². The molecule has 0 saturated carbocycles. The van der Waals surface area contributed by atoms with Gasteiger partial charge in [0.2, 0.25) is 0 Å². The van der Waals surface area contributed by atoms with Gasteiger partial charge in [-0.25, -0.2) is 0 Å². The van der Waals surface area contributed by atoms with E-state index < -0.39 is 0 Å². The van der Waals surface area contributed by atoms with Crippen molar-refractivity contribution in [2.75, 3.05) is 46.3 Å². The van der Waals surface area contributed by atoms with Crippen molar-refractivity contribution in [3.63, 3.8) is 0 Å². The van der Waals surface area contributed by atoms with Crippen LogP contribution in [0.3, 0.4) is 0 Å². The summed E-state index contributed by atoms with van der Waals surface area (Å²) in [6.07, 6.45) is 1.13. The third-order valence-electron chi connectivity index (χ3n) is 5.18. The Labute approximate surface area is 192 Å². The number of hydrogen-bond acceptors (Lipinski definition) is 3. The standard InChI is InChI=1S/C23H33N5.HI/c1-24-23(26-19-21-9-4-2-5-10-21)25-13-8-14-27-15-17-28(18-16-27)20-22-11-6-3-7-12-22;/h2-7,9-12H,8,13-20H2,1H3,(H2,24,25,26);1H. The molecule has 0 bridgehead atoms. The summed E-state index contributed by atoms with van der Waals surface area (Å²) in [6, 6.07) is 21.2. The van der Waals surface area contributed by atoms with Gasteiger partial charge in [0.05, 0.1) is 0 Å². The van der Waals surface area contributed by atoms with Crippen molar-refractivity contribution < 1.29 is 0 Å². The van der Waals surface area contributed by atoms with Crippen molar-refractivity contribution in [1.29, 1.82) is 0 Å². The van der Waals surface area contributed by atoms with Crippen LogP contribution in [-0.4, -0.2) is 62.1 Å². The van der Waals surface area contributed by atoms with Gasteiger partial charge in [0, 0.05) is 52.9 Å². The van der Waals surface area contributed by atoms with E-state index in [1.807, 2.05) is 13.1 Å². The molecule has 1 saturated heterocycles. The molecule has 2 aromatic rings. The summed E-state index contributed by atoms with van der Waals surface area (Å²) in [5.41, 5.74) is 2.67. The molecule has 6 heteroatoms. The van der Waals surface area contributed by atoms with Gasteiger partial charge in [0.1, 0.15) is 0 Å². The zero-order valence-electron chi connectivity index (χ0n) is 17.4. The second-order valence-electron chi connectivity index (χ2n) is 7.30. The molecule has 1 aliphatic heterocycles. The lowest BCUT2D eigenvalue weighted by Crippen LogP contribution is -2.46. The second-order valence-corrected chi connectivity index (χ2v) is 7.30. The van der Waals surface area contributed by atoms with E-state index in [9.17, 15) is 0 Å². The third-order valence-corrected chi connectivity index (χ3v) is 5.18. The Morgan fingerprint density at radius 2 is 1.41 bits per heavy atom. The Hall–Kier alpha value is -1.64. The molecular weight excluding hydrogens is 473 g/mol. The maximum atomic E-state index is 4.31. The first-order valence-electron chi connectivity index (χ1n) is 10.3. The molecule has 0 aromatic heterocycles. The lowest BCUT2D eigenvalue weighted by molar-refractivity contribution is 0.126. The molecule has 2 N–H and O–H groups in total. The fourth-order valence-corrected chi connectivity index (χ4v) is 3.52. The van der Waals surface area contributed by atoms with Crippen LogP contribution in [0.5, 0.6) is 0 Å². The second kappa shape index (κ2) is 13.6. The SMILES string of the molecule is CN=C(NCCCN1CCN(Cc2ccccc2)CC1)NCc1ccccc1.I. The van der Waals surface area contributed by atoms with Crippen molar-refractivity contribution in [2.24, 2.45) is 4.99 Å². The highest BCUT2D eigenvalue weighted by molar-refractivity contribution is 14.0. The number of piperazine rings is 1. The summed E-state index contributed by atoms with van der Waals surface area (Å²) < 4.78 is 0. The first kappa shape index (κ1) is 23.6. The quantitative estimate of drug-likeness (QED) is 0.250. The first-order valence-corrected chi connectivity index (χ1v) is 10.3. The number of nitrogens with zero attached hydrogens (tertiary/aromatic N) is 3. The van der Waals surface area contributed by atoms with Crippen LogP contribution >= 0.6 is 24.0 Å². The number of benzene rings is 2. The maximum absolute atomic E-state index is 4.31. The van der Waals surface area contributed by atoms with E-state index in [0.717, 1.165) is 64.7 Å². The number of guanidine groups is 1. The third kappa shape index (κ3) is 8.72. The van der Waals surface area contributed by atoms with Crippen molar-refractivity contribution >= 4 is 29.9 Å². The number of hydrogen-bond donors (Lipinski definition) is 2. The van der Waals surface area contributed by atoms with E-state index in [1.54, 1.807) is 0 Å². The summed E-state index contributed by atoms with van der Waals surface area (Å²) >= 11 is 0. The molecular formula is C23H34IN5. The fraction of sp³-hybridized carbons (Fsp3) is 0.435. The monoisotopic (exact) mass is 507 g/mol. The zero-order chi connectivity index (χ0) is 19.4. The fourth-order valence-electron chi connectivity index (χ4n) is 3.52. The zero-order valence-corrected chi connectivity index (χ0v) is 19.7. The molecule has 0 spiro atoms. The molecule has 158 valence electrons. The van der Waals surface area contributed by atoms with Gasteiger partial charge in [0.15, 0.2) is 5.96 Å². The Balaban J connectivity index is 0.00000300. The highest BCUT2D eigenvalue weighted by Crippen LogP contribution is 2.08. The van der Waals surface area contributed by atoms with Crippen molar-refractivity contribution in [3.8, 4) is 0 Å². The number of aliphatic imine (C=N–C) groups is 1. The normalized spacial score (nSPS) is 15.6. The first-order chi connectivity index (χ1) is 13.8. The van der Waals surface area contributed by atoms with Gasteiger partial charge in [-0.2, -0.15) is 0 Å². The predicted molar refractivity (Wildman–Crippen MR) is 133 cm³/mol. The highest BCUT2D eigenvalue weighted by Gasteiger charge is 2.16. The largest absolute Gasteiger partial charge is 0.356 e. The Kier molecular flexibility index (Phi) is 11.1. The minimum absolute atomic E-state index is 0. The van der Waals surface area contributed by atoms with E-state index >= 15 is 0 Å². The Morgan fingerprint density at radius 3 is 2.03 bits per heavy atom. The van der Waals surface area contributed by atoms with Crippen molar-refractivity contribution in [2.45, 2.75) is 19.5 Å². The molecule has 2 aromatic carbocycles. The number of halogens is 1. The van der Waals surface area contributed by atoms with E-state index in [0.29, 0.717) is 0 Å². The summed E-state index contributed by atoms with van der Waals surface area (Å²) in [7, 11) is 1.83. The molecule has 0 unspecified atom stereocenters. The average molecular weight is 507 g/mol. The van der Waals surface area contributed by atoms with Crippen LogP contribution in [0.15, 0.2) is 65.7 Å². The van der Waals surface area contributed by atoms with Crippen LogP contribution in [0.25, 0.3) is 0 Å². The van der Waals surface area contributed by atoms with Gasteiger partial charge >= 0.3 is 0 Å². The number of rotatable bonds is 8. The van der Waals surface area contributed by atoms with Crippen molar-refractivity contribution in [3.05, 3.63) is 71.8 Å². The van der Waals surface area contributed by atoms with E-state index in [2.05, 4.69) is 80.0 Å². The molecule has 0 radical (unpaired) electrons. The van der Waals surface area contributed by atoms with Crippen LogP contribution in [0.2, 0.25) is 0 Å². The van der Waals surface area contributed by atoms with E-state index in [-0.39, 0.29) is 24.0 Å². The summed E-state index contributed by atoms with van der Waals surface area (Å²) in [4.78, 5) is 9.44. The number of nitrogens with one attached hydrogen (secondary N) is 2. The van der Waals surface area contributed by atoms with Gasteiger partial charge in [-0.05, 0) is 24.1 Å². The summed E-state index contributed by atoms with van der Waals surface area (Å²) in [5.74, 6) is 0.872. The van der Waals surface area contributed by atoms with Crippen LogP contribution in [0.4, 0.5) is 0 Å². The molecule has 1 heterocycles. The van der Waals surface area contributed by atoms with Gasteiger partial charge in [0.25, 0.3) is 0 Å². The lowest BCUT2D eigenvalue weighted by Gasteiger charge is -2.34. The molecule has 3 rings (SSSR count). The van der Waals surface area contributed by atoms with Gasteiger partial charge < -0.3 is 15.5 Å². The molecule has 29 heavy (non-hydrogen) atoms. The average Bonchev–Trinajstić information content (AvgIpc) is 2.76. The van der Waals surface area contributed by atoms with Crippen LogP contribution in [-0.2, 0) is 13.1 Å². The molecule has 0 aliphatic carbocycles. The minimum Gasteiger partial charge on any atom is -0.356 e. The van der Waals surface area contributed by atoms with Gasteiger partial charge in [-0.15, -0.1) is 24.0 Å². The highest BCUT2D eigenvalue weighted by atomic mass is 127. The van der Waals surface area contributed by atoms with E-state index in [4.69, 9.17) is 0 Å². The summed E-state index contributed by atoms with van der Waals surface area (Å²) in [5, 5.41) is 6.79. The van der Waals surface area contributed by atoms with Gasteiger partial charge in [-0.1, -0.05) is 60.7 Å². The van der Waals surface area contributed by atoms with Crippen LogP contribution < -0.4 is 10.6 Å². The van der Waals surface area contributed by atoms with Gasteiger partial charge in [-0.3, -0.25) is 9.89 Å². The molecule has 0 amide bonds. The topological polar surface area (TPSA) is 42.9 Å².